The highest BCUT2D eigenvalue weighted by Crippen LogP contribution is 2.23. The van der Waals surface area contributed by atoms with E-state index in [9.17, 15) is 14.9 Å². The van der Waals surface area contributed by atoms with Gasteiger partial charge in [0.1, 0.15) is 0 Å². The Labute approximate surface area is 146 Å². The van der Waals surface area contributed by atoms with Gasteiger partial charge in [0.15, 0.2) is 5.69 Å². The van der Waals surface area contributed by atoms with E-state index < -0.39 is 10.8 Å². The van der Waals surface area contributed by atoms with Crippen LogP contribution in [0.3, 0.4) is 0 Å². The maximum absolute atomic E-state index is 12.6. The molecule has 0 aliphatic heterocycles. The number of hydrogen-bond acceptors (Lipinski definition) is 5. The SMILES string of the molecule is O=C(Nc1cccc(-n2ccnc2)c1)c1n[nH]c2ccc([N+](=O)[O-])cc12. The molecular weight excluding hydrogens is 336 g/mol. The molecule has 26 heavy (non-hydrogen) atoms. The van der Waals surface area contributed by atoms with Crippen LogP contribution in [-0.4, -0.2) is 30.6 Å². The molecule has 0 atom stereocenters. The first-order valence-corrected chi connectivity index (χ1v) is 7.64. The van der Waals surface area contributed by atoms with Gasteiger partial charge in [-0.3, -0.25) is 20.0 Å². The van der Waals surface area contributed by atoms with E-state index in [-0.39, 0.29) is 11.4 Å². The van der Waals surface area contributed by atoms with Gasteiger partial charge in [0.2, 0.25) is 0 Å². The molecule has 0 unspecified atom stereocenters. The first-order valence-electron chi connectivity index (χ1n) is 7.64. The molecule has 0 aliphatic rings. The zero-order valence-electron chi connectivity index (χ0n) is 13.3. The number of amides is 1. The summed E-state index contributed by atoms with van der Waals surface area (Å²) in [6, 6.07) is 11.4. The number of fused-ring (bicyclic) bond motifs is 1. The minimum atomic E-state index is -0.511. The maximum Gasteiger partial charge on any atom is 0.276 e. The molecule has 2 aromatic carbocycles. The van der Waals surface area contributed by atoms with E-state index in [0.29, 0.717) is 16.6 Å². The number of rotatable bonds is 4. The fourth-order valence-corrected chi connectivity index (χ4v) is 2.64. The van der Waals surface area contributed by atoms with Crippen LogP contribution in [-0.2, 0) is 0 Å². The zero-order valence-corrected chi connectivity index (χ0v) is 13.3. The Morgan fingerprint density at radius 2 is 2.12 bits per heavy atom. The van der Waals surface area contributed by atoms with E-state index in [0.717, 1.165) is 5.69 Å². The average molecular weight is 348 g/mol. The van der Waals surface area contributed by atoms with Gasteiger partial charge in [-0.05, 0) is 24.3 Å². The monoisotopic (exact) mass is 348 g/mol. The molecule has 0 aliphatic carbocycles. The van der Waals surface area contributed by atoms with Crippen molar-refractivity contribution in [2.24, 2.45) is 0 Å². The maximum atomic E-state index is 12.6. The van der Waals surface area contributed by atoms with E-state index in [1.165, 1.54) is 18.2 Å². The van der Waals surface area contributed by atoms with Crippen LogP contribution in [0.4, 0.5) is 11.4 Å². The molecule has 0 radical (unpaired) electrons. The first-order chi connectivity index (χ1) is 12.6. The second-order valence-corrected chi connectivity index (χ2v) is 5.53. The molecule has 0 spiro atoms. The molecule has 2 aromatic heterocycles. The molecule has 2 N–H and O–H groups in total. The lowest BCUT2D eigenvalue weighted by Gasteiger charge is -2.07. The van der Waals surface area contributed by atoms with Crippen molar-refractivity contribution in [1.29, 1.82) is 0 Å². The van der Waals surface area contributed by atoms with Crippen molar-refractivity contribution in [3.63, 3.8) is 0 Å². The number of carbonyl (C=O) groups excluding carboxylic acids is 1. The van der Waals surface area contributed by atoms with Crippen LogP contribution in [0.25, 0.3) is 16.6 Å². The van der Waals surface area contributed by atoms with Gasteiger partial charge in [0, 0.05) is 41.3 Å². The third-order valence-electron chi connectivity index (χ3n) is 3.88. The Morgan fingerprint density at radius 3 is 2.88 bits per heavy atom. The van der Waals surface area contributed by atoms with E-state index in [2.05, 4.69) is 20.5 Å². The number of nitro benzene ring substituents is 1. The summed E-state index contributed by atoms with van der Waals surface area (Å²) >= 11 is 0. The molecule has 0 bridgehead atoms. The highest BCUT2D eigenvalue weighted by molar-refractivity contribution is 6.11. The summed E-state index contributed by atoms with van der Waals surface area (Å²) in [5.74, 6) is -0.459. The van der Waals surface area contributed by atoms with Crippen molar-refractivity contribution in [3.8, 4) is 5.69 Å². The van der Waals surface area contributed by atoms with Gasteiger partial charge >= 0.3 is 0 Å². The van der Waals surface area contributed by atoms with Crippen molar-refractivity contribution in [2.75, 3.05) is 5.32 Å². The number of aromatic nitrogens is 4. The summed E-state index contributed by atoms with van der Waals surface area (Å²) in [6.45, 7) is 0. The lowest BCUT2D eigenvalue weighted by Crippen LogP contribution is -2.13. The molecule has 4 rings (SSSR count). The Bertz CT molecular complexity index is 1120. The Hall–Kier alpha value is -4.01. The standard InChI is InChI=1S/C17H12N6O3/c24-17(16-14-9-13(23(25)26)4-5-15(14)20-21-16)19-11-2-1-3-12(8-11)22-7-6-18-10-22/h1-10H,(H,19,24)(H,20,21). The van der Waals surface area contributed by atoms with Crippen molar-refractivity contribution < 1.29 is 9.72 Å². The number of benzene rings is 2. The van der Waals surface area contributed by atoms with Crippen molar-refractivity contribution in [2.45, 2.75) is 0 Å². The van der Waals surface area contributed by atoms with Gasteiger partial charge in [0.05, 0.1) is 16.8 Å². The lowest BCUT2D eigenvalue weighted by molar-refractivity contribution is -0.384. The summed E-state index contributed by atoms with van der Waals surface area (Å²) in [6.07, 6.45) is 5.11. The van der Waals surface area contributed by atoms with Crippen LogP contribution in [0.5, 0.6) is 0 Å². The molecule has 4 aromatic rings. The minimum Gasteiger partial charge on any atom is -0.321 e. The third kappa shape index (κ3) is 2.77. The Kier molecular flexibility index (Phi) is 3.66. The number of hydrogen-bond donors (Lipinski definition) is 2. The molecule has 9 nitrogen and oxygen atoms in total. The van der Waals surface area contributed by atoms with E-state index in [1.807, 2.05) is 10.6 Å². The van der Waals surface area contributed by atoms with Gasteiger partial charge in [-0.1, -0.05) is 6.07 Å². The van der Waals surface area contributed by atoms with Gasteiger partial charge in [0.25, 0.3) is 11.6 Å². The van der Waals surface area contributed by atoms with E-state index in [1.54, 1.807) is 36.9 Å². The van der Waals surface area contributed by atoms with E-state index in [4.69, 9.17) is 0 Å². The van der Waals surface area contributed by atoms with E-state index >= 15 is 0 Å². The summed E-state index contributed by atoms with van der Waals surface area (Å²) in [5.41, 5.74) is 1.95. The molecule has 0 saturated heterocycles. The molecule has 0 saturated carbocycles. The third-order valence-corrected chi connectivity index (χ3v) is 3.88. The molecule has 1 amide bonds. The quantitative estimate of drug-likeness (QED) is 0.434. The number of carbonyl (C=O) groups is 1. The number of nitrogens with one attached hydrogen (secondary N) is 2. The predicted octanol–water partition coefficient (Wildman–Crippen LogP) is 2.91. The van der Waals surface area contributed by atoms with Crippen LogP contribution in [0.1, 0.15) is 10.5 Å². The normalized spacial score (nSPS) is 10.8. The van der Waals surface area contributed by atoms with Crippen LogP contribution in [0.2, 0.25) is 0 Å². The van der Waals surface area contributed by atoms with Gasteiger partial charge in [-0.25, -0.2) is 4.98 Å². The van der Waals surface area contributed by atoms with Gasteiger partial charge in [-0.2, -0.15) is 5.10 Å². The summed E-state index contributed by atoms with van der Waals surface area (Å²) < 4.78 is 1.81. The van der Waals surface area contributed by atoms with Crippen LogP contribution < -0.4 is 5.32 Å². The van der Waals surface area contributed by atoms with Crippen LogP contribution in [0, 0.1) is 10.1 Å². The summed E-state index contributed by atoms with van der Waals surface area (Å²) in [4.78, 5) is 27.0. The van der Waals surface area contributed by atoms with Gasteiger partial charge in [-0.15, -0.1) is 0 Å². The number of non-ortho nitro benzene ring substituents is 1. The molecule has 0 fully saturated rings. The Balaban J connectivity index is 1.65. The number of anilines is 1. The smallest absolute Gasteiger partial charge is 0.276 e. The minimum absolute atomic E-state index is 0.0942. The fraction of sp³-hybridized carbons (Fsp3) is 0. The topological polar surface area (TPSA) is 119 Å². The molecular formula is C17H12N6O3. The van der Waals surface area contributed by atoms with Gasteiger partial charge < -0.3 is 9.88 Å². The second-order valence-electron chi connectivity index (χ2n) is 5.53. The second kappa shape index (κ2) is 6.13. The highest BCUT2D eigenvalue weighted by Gasteiger charge is 2.17. The first kappa shape index (κ1) is 15.5. The fourth-order valence-electron chi connectivity index (χ4n) is 2.64. The van der Waals surface area contributed by atoms with Crippen LogP contribution in [0.15, 0.2) is 61.2 Å². The lowest BCUT2D eigenvalue weighted by atomic mass is 10.2. The summed E-state index contributed by atoms with van der Waals surface area (Å²) in [5, 5.41) is 20.8. The molecule has 9 heteroatoms. The number of imidazole rings is 1. The number of H-pyrrole nitrogens is 1. The number of nitro groups is 1. The zero-order chi connectivity index (χ0) is 18.1. The van der Waals surface area contributed by atoms with Crippen molar-refractivity contribution in [3.05, 3.63) is 77.0 Å². The Morgan fingerprint density at radius 1 is 1.23 bits per heavy atom. The van der Waals surface area contributed by atoms with Crippen molar-refractivity contribution >= 4 is 28.2 Å². The van der Waals surface area contributed by atoms with Crippen LogP contribution >= 0.6 is 0 Å². The largest absolute Gasteiger partial charge is 0.321 e. The number of nitrogens with zero attached hydrogens (tertiary/aromatic N) is 4. The number of aromatic amines is 1. The van der Waals surface area contributed by atoms with Crippen molar-refractivity contribution in [1.82, 2.24) is 19.7 Å². The molecule has 128 valence electrons. The highest BCUT2D eigenvalue weighted by atomic mass is 16.6. The average Bonchev–Trinajstić information content (AvgIpc) is 3.31. The predicted molar refractivity (Wildman–Crippen MR) is 94.3 cm³/mol. The molecule has 2 heterocycles. The summed E-state index contributed by atoms with van der Waals surface area (Å²) in [7, 11) is 0.